The number of hydrogen-bond donors (Lipinski definition) is 1. The van der Waals surface area contributed by atoms with Gasteiger partial charge in [-0.15, -0.1) is 11.3 Å². The van der Waals surface area contributed by atoms with E-state index in [-0.39, 0.29) is 30.6 Å². The smallest absolute Gasteiger partial charge is 0.220 e. The largest absolute Gasteiger partial charge is 0.354 e. The van der Waals surface area contributed by atoms with Gasteiger partial charge in [-0.25, -0.2) is 0 Å². The standard InChI is InChI=1S/C13H19NO2S/c1-8(2)14-13(16)6-5-12(15)11-7-9(3)17-10(11)4/h7-8H,5-6H2,1-4H3,(H,14,16). The van der Waals surface area contributed by atoms with Crippen molar-refractivity contribution >= 4 is 23.0 Å². The predicted octanol–water partition coefficient (Wildman–Crippen LogP) is 2.85. The molecule has 0 saturated carbocycles. The molecule has 0 aromatic carbocycles. The molecule has 0 spiro atoms. The van der Waals surface area contributed by atoms with Crippen LogP contribution in [0.4, 0.5) is 0 Å². The van der Waals surface area contributed by atoms with E-state index in [1.807, 2.05) is 33.8 Å². The highest BCUT2D eigenvalue weighted by Crippen LogP contribution is 2.22. The van der Waals surface area contributed by atoms with Crippen molar-refractivity contribution in [2.75, 3.05) is 0 Å². The number of thiophene rings is 1. The summed E-state index contributed by atoms with van der Waals surface area (Å²) in [5.41, 5.74) is 0.768. The van der Waals surface area contributed by atoms with E-state index in [1.54, 1.807) is 11.3 Å². The number of hydrogen-bond acceptors (Lipinski definition) is 3. The van der Waals surface area contributed by atoms with Crippen LogP contribution in [-0.4, -0.2) is 17.7 Å². The fourth-order valence-electron chi connectivity index (χ4n) is 1.66. The fraction of sp³-hybridized carbons (Fsp3) is 0.538. The second-order valence-electron chi connectivity index (χ2n) is 4.47. The zero-order chi connectivity index (χ0) is 13.0. The van der Waals surface area contributed by atoms with Crippen LogP contribution in [0, 0.1) is 13.8 Å². The Morgan fingerprint density at radius 1 is 1.29 bits per heavy atom. The molecule has 1 aromatic heterocycles. The van der Waals surface area contributed by atoms with Crippen LogP contribution < -0.4 is 5.32 Å². The Balaban J connectivity index is 2.50. The molecule has 0 aliphatic rings. The molecule has 1 amide bonds. The molecule has 0 aliphatic heterocycles. The Morgan fingerprint density at radius 3 is 2.41 bits per heavy atom. The molecule has 0 bridgehead atoms. The van der Waals surface area contributed by atoms with Crippen LogP contribution in [0.25, 0.3) is 0 Å². The third kappa shape index (κ3) is 4.30. The molecule has 4 heteroatoms. The summed E-state index contributed by atoms with van der Waals surface area (Å²) in [4.78, 5) is 25.5. The molecule has 1 heterocycles. The van der Waals surface area contributed by atoms with Gasteiger partial charge in [-0.3, -0.25) is 9.59 Å². The van der Waals surface area contributed by atoms with Crippen LogP contribution in [-0.2, 0) is 4.79 Å². The van der Waals surface area contributed by atoms with Gasteiger partial charge in [0.25, 0.3) is 0 Å². The van der Waals surface area contributed by atoms with Gasteiger partial charge in [0.05, 0.1) is 0 Å². The van der Waals surface area contributed by atoms with Crippen LogP contribution in [0.15, 0.2) is 6.07 Å². The Kier molecular flexibility index (Phi) is 4.87. The first-order chi connectivity index (χ1) is 7.90. The predicted molar refractivity (Wildman–Crippen MR) is 70.6 cm³/mol. The minimum atomic E-state index is -0.0574. The average molecular weight is 253 g/mol. The van der Waals surface area contributed by atoms with Gasteiger partial charge in [-0.2, -0.15) is 0 Å². The lowest BCUT2D eigenvalue weighted by Crippen LogP contribution is -2.30. The summed E-state index contributed by atoms with van der Waals surface area (Å²) in [5, 5.41) is 2.78. The lowest BCUT2D eigenvalue weighted by atomic mass is 10.1. The van der Waals surface area contributed by atoms with Gasteiger partial charge in [-0.1, -0.05) is 0 Å². The Hall–Kier alpha value is -1.16. The van der Waals surface area contributed by atoms with Crippen molar-refractivity contribution in [1.29, 1.82) is 0 Å². The number of ketones is 1. The molecule has 17 heavy (non-hydrogen) atoms. The number of nitrogens with one attached hydrogen (secondary N) is 1. The number of carbonyl (C=O) groups is 2. The zero-order valence-electron chi connectivity index (χ0n) is 10.8. The number of amides is 1. The van der Waals surface area contributed by atoms with E-state index in [2.05, 4.69) is 5.32 Å². The second kappa shape index (κ2) is 5.96. The van der Waals surface area contributed by atoms with Crippen molar-refractivity contribution in [2.45, 2.75) is 46.6 Å². The highest BCUT2D eigenvalue weighted by Gasteiger charge is 2.13. The third-order valence-corrected chi connectivity index (χ3v) is 3.34. The summed E-state index contributed by atoms with van der Waals surface area (Å²) in [6.07, 6.45) is 0.556. The summed E-state index contributed by atoms with van der Waals surface area (Å²) in [6, 6.07) is 2.03. The van der Waals surface area contributed by atoms with Gasteiger partial charge in [0.15, 0.2) is 5.78 Å². The molecule has 0 aliphatic carbocycles. The number of carbonyl (C=O) groups excluding carboxylic acids is 2. The highest BCUT2D eigenvalue weighted by molar-refractivity contribution is 7.12. The fourth-order valence-corrected chi connectivity index (χ4v) is 2.61. The van der Waals surface area contributed by atoms with Crippen LogP contribution in [0.2, 0.25) is 0 Å². The number of Topliss-reactive ketones (excluding diaryl/α,β-unsaturated/α-hetero) is 1. The summed E-state index contributed by atoms with van der Waals surface area (Å²) < 4.78 is 0. The molecular weight excluding hydrogens is 234 g/mol. The topological polar surface area (TPSA) is 46.2 Å². The van der Waals surface area contributed by atoms with E-state index in [9.17, 15) is 9.59 Å². The third-order valence-electron chi connectivity index (χ3n) is 2.37. The van der Waals surface area contributed by atoms with Crippen molar-refractivity contribution in [1.82, 2.24) is 5.32 Å². The molecule has 1 rings (SSSR count). The second-order valence-corrected chi connectivity index (χ2v) is 5.93. The Labute approximate surface area is 106 Å². The monoisotopic (exact) mass is 253 g/mol. The van der Waals surface area contributed by atoms with Crippen molar-refractivity contribution in [3.8, 4) is 0 Å². The number of aryl methyl sites for hydroxylation is 2. The summed E-state index contributed by atoms with van der Waals surface area (Å²) in [6.45, 7) is 7.75. The first kappa shape index (κ1) is 13.9. The normalized spacial score (nSPS) is 10.6. The molecular formula is C13H19NO2S. The van der Waals surface area contributed by atoms with Crippen molar-refractivity contribution < 1.29 is 9.59 Å². The van der Waals surface area contributed by atoms with E-state index in [0.717, 1.165) is 15.3 Å². The van der Waals surface area contributed by atoms with Crippen molar-refractivity contribution in [2.24, 2.45) is 0 Å². The maximum absolute atomic E-state index is 11.9. The lowest BCUT2D eigenvalue weighted by Gasteiger charge is -2.07. The maximum atomic E-state index is 11.9. The van der Waals surface area contributed by atoms with E-state index < -0.39 is 0 Å². The molecule has 1 aromatic rings. The van der Waals surface area contributed by atoms with E-state index in [4.69, 9.17) is 0 Å². The molecule has 0 radical (unpaired) electrons. The van der Waals surface area contributed by atoms with Gasteiger partial charge < -0.3 is 5.32 Å². The maximum Gasteiger partial charge on any atom is 0.220 e. The van der Waals surface area contributed by atoms with Gasteiger partial charge >= 0.3 is 0 Å². The SMILES string of the molecule is Cc1cc(C(=O)CCC(=O)NC(C)C)c(C)s1. The number of rotatable bonds is 5. The van der Waals surface area contributed by atoms with Gasteiger partial charge in [0.1, 0.15) is 0 Å². The Bertz CT molecular complexity index is 421. The summed E-state index contributed by atoms with van der Waals surface area (Å²) in [7, 11) is 0. The first-order valence-corrected chi connectivity index (χ1v) is 6.61. The summed E-state index contributed by atoms with van der Waals surface area (Å²) in [5.74, 6) is 0.00344. The van der Waals surface area contributed by atoms with Crippen LogP contribution >= 0.6 is 11.3 Å². The quantitative estimate of drug-likeness (QED) is 0.820. The molecule has 1 N–H and O–H groups in total. The van der Waals surface area contributed by atoms with E-state index >= 15 is 0 Å². The van der Waals surface area contributed by atoms with Crippen molar-refractivity contribution in [3.63, 3.8) is 0 Å². The Morgan fingerprint density at radius 2 is 1.94 bits per heavy atom. The zero-order valence-corrected chi connectivity index (χ0v) is 11.6. The highest BCUT2D eigenvalue weighted by atomic mass is 32.1. The minimum absolute atomic E-state index is 0.0574. The first-order valence-electron chi connectivity index (χ1n) is 5.79. The molecule has 0 fully saturated rings. The van der Waals surface area contributed by atoms with Gasteiger partial charge in [0, 0.05) is 34.2 Å². The average Bonchev–Trinajstić information content (AvgIpc) is 2.53. The lowest BCUT2D eigenvalue weighted by molar-refractivity contribution is -0.121. The minimum Gasteiger partial charge on any atom is -0.354 e. The molecule has 0 unspecified atom stereocenters. The van der Waals surface area contributed by atoms with Crippen LogP contribution in [0.5, 0.6) is 0 Å². The van der Waals surface area contributed by atoms with Crippen LogP contribution in [0.3, 0.4) is 0 Å². The van der Waals surface area contributed by atoms with Crippen molar-refractivity contribution in [3.05, 3.63) is 21.4 Å². The van der Waals surface area contributed by atoms with E-state index in [1.165, 1.54) is 0 Å². The molecule has 0 atom stereocenters. The van der Waals surface area contributed by atoms with Crippen LogP contribution in [0.1, 0.15) is 46.8 Å². The molecule has 0 saturated heterocycles. The van der Waals surface area contributed by atoms with E-state index in [0.29, 0.717) is 0 Å². The molecule has 3 nitrogen and oxygen atoms in total. The molecule has 94 valence electrons. The van der Waals surface area contributed by atoms with Gasteiger partial charge in [0.2, 0.25) is 5.91 Å². The summed E-state index contributed by atoms with van der Waals surface area (Å²) >= 11 is 1.62. The van der Waals surface area contributed by atoms with Gasteiger partial charge in [-0.05, 0) is 33.8 Å².